The van der Waals surface area contributed by atoms with Crippen LogP contribution < -0.4 is 0 Å². The molecule has 0 heteroatoms. The van der Waals surface area contributed by atoms with Gasteiger partial charge in [0.05, 0.1) is 0 Å². The van der Waals surface area contributed by atoms with E-state index in [4.69, 9.17) is 0 Å². The summed E-state index contributed by atoms with van der Waals surface area (Å²) < 4.78 is 0. The van der Waals surface area contributed by atoms with Gasteiger partial charge in [0, 0.05) is 0 Å². The SMILES string of the molecule is Cc1ccc2c(c1C1=C3CCCCC3=CC[C@H]1C)CCCC2. The Morgan fingerprint density at radius 1 is 0.909 bits per heavy atom. The van der Waals surface area contributed by atoms with Crippen LogP contribution >= 0.6 is 0 Å². The van der Waals surface area contributed by atoms with E-state index in [0.29, 0.717) is 5.92 Å². The molecule has 0 N–H and O–H groups in total. The number of aryl methyl sites for hydroxylation is 2. The van der Waals surface area contributed by atoms with Gasteiger partial charge in [-0.25, -0.2) is 0 Å². The fraction of sp³-hybridized carbons (Fsp3) is 0.545. The van der Waals surface area contributed by atoms with Crippen LogP contribution in [-0.2, 0) is 12.8 Å². The maximum atomic E-state index is 2.55. The molecule has 0 heterocycles. The molecule has 0 aromatic heterocycles. The summed E-state index contributed by atoms with van der Waals surface area (Å²) in [6.07, 6.45) is 14.6. The van der Waals surface area contributed by atoms with E-state index in [1.54, 1.807) is 33.4 Å². The van der Waals surface area contributed by atoms with Crippen molar-refractivity contribution in [1.82, 2.24) is 0 Å². The minimum atomic E-state index is 0.698. The summed E-state index contributed by atoms with van der Waals surface area (Å²) in [4.78, 5) is 0. The first-order chi connectivity index (χ1) is 10.8. The molecule has 0 radical (unpaired) electrons. The summed E-state index contributed by atoms with van der Waals surface area (Å²) in [5, 5.41) is 0. The van der Waals surface area contributed by atoms with Crippen LogP contribution in [0.4, 0.5) is 0 Å². The van der Waals surface area contributed by atoms with Crippen LogP contribution in [0.3, 0.4) is 0 Å². The maximum absolute atomic E-state index is 2.55. The Labute approximate surface area is 135 Å². The van der Waals surface area contributed by atoms with E-state index in [2.05, 4.69) is 32.1 Å². The van der Waals surface area contributed by atoms with E-state index < -0.39 is 0 Å². The Hall–Kier alpha value is -1.30. The van der Waals surface area contributed by atoms with Gasteiger partial charge >= 0.3 is 0 Å². The largest absolute Gasteiger partial charge is 0.0804 e. The normalized spacial score (nSPS) is 24.6. The Balaban J connectivity index is 1.93. The molecule has 1 aromatic rings. The Morgan fingerprint density at radius 2 is 1.68 bits per heavy atom. The molecule has 0 nitrogen and oxygen atoms in total. The minimum Gasteiger partial charge on any atom is -0.0804 e. The van der Waals surface area contributed by atoms with Gasteiger partial charge in [-0.3, -0.25) is 0 Å². The average molecular weight is 292 g/mol. The zero-order valence-electron chi connectivity index (χ0n) is 14.2. The molecule has 0 bridgehead atoms. The molecular formula is C22H28. The van der Waals surface area contributed by atoms with Crippen LogP contribution in [0.15, 0.2) is 29.4 Å². The lowest BCUT2D eigenvalue weighted by atomic mass is 9.72. The van der Waals surface area contributed by atoms with E-state index in [0.717, 1.165) is 0 Å². The standard InChI is InChI=1S/C22H28/c1-15-11-13-17-7-3-5-9-19(17)21(15)22-16(2)12-14-18-8-4-6-10-20(18)22/h11,13-14,16H,3-10,12H2,1-2H3/t16-/m1/s1. The highest BCUT2D eigenvalue weighted by Crippen LogP contribution is 2.45. The Kier molecular flexibility index (Phi) is 3.72. The van der Waals surface area contributed by atoms with E-state index in [9.17, 15) is 0 Å². The monoisotopic (exact) mass is 292 g/mol. The van der Waals surface area contributed by atoms with Crippen molar-refractivity contribution in [3.05, 3.63) is 51.6 Å². The van der Waals surface area contributed by atoms with E-state index in [1.807, 2.05) is 0 Å². The van der Waals surface area contributed by atoms with Crippen molar-refractivity contribution < 1.29 is 0 Å². The molecule has 0 amide bonds. The van der Waals surface area contributed by atoms with Crippen molar-refractivity contribution in [2.24, 2.45) is 5.92 Å². The average Bonchev–Trinajstić information content (AvgIpc) is 2.56. The third kappa shape index (κ3) is 2.28. The van der Waals surface area contributed by atoms with E-state index in [1.165, 1.54) is 63.4 Å². The number of hydrogen-bond acceptors (Lipinski definition) is 0. The predicted molar refractivity (Wildman–Crippen MR) is 95.1 cm³/mol. The Morgan fingerprint density at radius 3 is 2.59 bits per heavy atom. The van der Waals surface area contributed by atoms with Gasteiger partial charge in [-0.1, -0.05) is 25.1 Å². The highest BCUT2D eigenvalue weighted by atomic mass is 14.3. The molecule has 0 unspecified atom stereocenters. The molecule has 0 saturated heterocycles. The minimum absolute atomic E-state index is 0.698. The van der Waals surface area contributed by atoms with Crippen molar-refractivity contribution in [3.8, 4) is 0 Å². The summed E-state index contributed by atoms with van der Waals surface area (Å²) in [7, 11) is 0. The Bertz CT molecular complexity index is 657. The second-order valence-corrected chi connectivity index (χ2v) is 7.57. The third-order valence-corrected chi connectivity index (χ3v) is 6.06. The molecule has 0 spiro atoms. The summed E-state index contributed by atoms with van der Waals surface area (Å²) in [5.41, 5.74) is 11.7. The molecule has 116 valence electrons. The van der Waals surface area contributed by atoms with Gasteiger partial charge in [0.25, 0.3) is 0 Å². The van der Waals surface area contributed by atoms with Crippen molar-refractivity contribution in [2.45, 2.75) is 71.6 Å². The number of fused-ring (bicyclic) bond motifs is 2. The third-order valence-electron chi connectivity index (χ3n) is 6.06. The van der Waals surface area contributed by atoms with Crippen LogP contribution in [0, 0.1) is 12.8 Å². The second kappa shape index (κ2) is 5.72. The highest BCUT2D eigenvalue weighted by molar-refractivity contribution is 5.80. The molecule has 22 heavy (non-hydrogen) atoms. The quantitative estimate of drug-likeness (QED) is 0.581. The van der Waals surface area contributed by atoms with Gasteiger partial charge < -0.3 is 0 Å². The van der Waals surface area contributed by atoms with Gasteiger partial charge in [0.2, 0.25) is 0 Å². The van der Waals surface area contributed by atoms with Crippen LogP contribution in [-0.4, -0.2) is 0 Å². The van der Waals surface area contributed by atoms with Crippen LogP contribution in [0.25, 0.3) is 5.57 Å². The molecular weight excluding hydrogens is 264 g/mol. The van der Waals surface area contributed by atoms with Gasteiger partial charge in [0.15, 0.2) is 0 Å². The molecule has 3 aliphatic carbocycles. The first-order valence-electron chi connectivity index (χ1n) is 9.30. The van der Waals surface area contributed by atoms with Crippen molar-refractivity contribution >= 4 is 5.57 Å². The maximum Gasteiger partial charge on any atom is -0.0147 e. The van der Waals surface area contributed by atoms with E-state index >= 15 is 0 Å². The summed E-state index contributed by atoms with van der Waals surface area (Å²) in [5.74, 6) is 0.698. The topological polar surface area (TPSA) is 0 Å². The first-order valence-corrected chi connectivity index (χ1v) is 9.30. The molecule has 1 aromatic carbocycles. The van der Waals surface area contributed by atoms with Crippen molar-refractivity contribution in [2.75, 3.05) is 0 Å². The number of hydrogen-bond donors (Lipinski definition) is 0. The molecule has 0 aliphatic heterocycles. The number of allylic oxidation sites excluding steroid dienone is 4. The van der Waals surface area contributed by atoms with Crippen molar-refractivity contribution in [3.63, 3.8) is 0 Å². The lowest BCUT2D eigenvalue weighted by Crippen LogP contribution is -2.16. The van der Waals surface area contributed by atoms with Crippen LogP contribution in [0.1, 0.15) is 74.1 Å². The van der Waals surface area contributed by atoms with Gasteiger partial charge in [0.1, 0.15) is 0 Å². The smallest absolute Gasteiger partial charge is 0.0147 e. The summed E-state index contributed by atoms with van der Waals surface area (Å²) >= 11 is 0. The predicted octanol–water partition coefficient (Wildman–Crippen LogP) is 6.17. The lowest BCUT2D eigenvalue weighted by Gasteiger charge is -2.33. The first kappa shape index (κ1) is 14.3. The molecule has 3 aliphatic rings. The molecule has 1 fully saturated rings. The van der Waals surface area contributed by atoms with Gasteiger partial charge in [-0.15, -0.1) is 0 Å². The molecule has 4 rings (SSSR count). The number of rotatable bonds is 1. The van der Waals surface area contributed by atoms with Crippen LogP contribution in [0.5, 0.6) is 0 Å². The lowest BCUT2D eigenvalue weighted by molar-refractivity contribution is 0.639. The van der Waals surface area contributed by atoms with Gasteiger partial charge in [-0.2, -0.15) is 0 Å². The van der Waals surface area contributed by atoms with Crippen molar-refractivity contribution in [1.29, 1.82) is 0 Å². The molecule has 1 atom stereocenters. The zero-order chi connectivity index (χ0) is 15.1. The summed E-state index contributed by atoms with van der Waals surface area (Å²) in [6.45, 7) is 4.79. The molecule has 1 saturated carbocycles. The zero-order valence-corrected chi connectivity index (χ0v) is 14.2. The summed E-state index contributed by atoms with van der Waals surface area (Å²) in [6, 6.07) is 4.80. The fourth-order valence-corrected chi connectivity index (χ4v) is 4.91. The highest BCUT2D eigenvalue weighted by Gasteiger charge is 2.28. The van der Waals surface area contributed by atoms with E-state index in [-0.39, 0.29) is 0 Å². The van der Waals surface area contributed by atoms with Gasteiger partial charge in [-0.05, 0) is 110 Å². The fourth-order valence-electron chi connectivity index (χ4n) is 4.91. The number of benzene rings is 1. The van der Waals surface area contributed by atoms with Crippen LogP contribution in [0.2, 0.25) is 0 Å². The second-order valence-electron chi connectivity index (χ2n) is 7.57.